The summed E-state index contributed by atoms with van der Waals surface area (Å²) in [6.45, 7) is 3.21. The van der Waals surface area contributed by atoms with Gasteiger partial charge in [-0.2, -0.15) is 0 Å². The van der Waals surface area contributed by atoms with E-state index >= 15 is 0 Å². The Balaban J connectivity index is 2.97. The van der Waals surface area contributed by atoms with E-state index in [1.54, 1.807) is 13.8 Å². The van der Waals surface area contributed by atoms with Gasteiger partial charge < -0.3 is 4.74 Å². The van der Waals surface area contributed by atoms with Gasteiger partial charge in [0.15, 0.2) is 11.5 Å². The van der Waals surface area contributed by atoms with Crippen molar-refractivity contribution in [2.24, 2.45) is 0 Å². The van der Waals surface area contributed by atoms with Gasteiger partial charge in [0.2, 0.25) is 0 Å². The van der Waals surface area contributed by atoms with E-state index in [-0.39, 0.29) is 0 Å². The number of nitro groups is 1. The smallest absolute Gasteiger partial charge is 0.412 e. The first kappa shape index (κ1) is 12.9. The van der Waals surface area contributed by atoms with Crippen LogP contribution < -0.4 is 5.32 Å². The summed E-state index contributed by atoms with van der Waals surface area (Å²) in [4.78, 5) is 21.1. The number of ether oxygens (including phenoxy) is 1. The molecule has 1 amide bonds. The molecule has 1 rings (SSSR count). The van der Waals surface area contributed by atoms with Crippen molar-refractivity contribution in [3.8, 4) is 0 Å². The molecular weight excluding hydrogens is 231 g/mol. The van der Waals surface area contributed by atoms with Gasteiger partial charge in [-0.3, -0.25) is 15.4 Å². The highest BCUT2D eigenvalue weighted by atomic mass is 19.1. The summed E-state index contributed by atoms with van der Waals surface area (Å²) < 4.78 is 18.0. The molecule has 0 radical (unpaired) electrons. The second kappa shape index (κ2) is 5.24. The van der Waals surface area contributed by atoms with E-state index in [0.29, 0.717) is 0 Å². The lowest BCUT2D eigenvalue weighted by atomic mass is 10.2. The Morgan fingerprint density at radius 2 is 2.18 bits per heavy atom. The number of amides is 1. The number of benzene rings is 1. The Bertz CT molecular complexity index is 448. The molecule has 0 aliphatic carbocycles. The van der Waals surface area contributed by atoms with Crippen molar-refractivity contribution in [1.29, 1.82) is 0 Å². The minimum Gasteiger partial charge on any atom is -0.447 e. The number of rotatable bonds is 3. The number of hydrogen-bond donors (Lipinski definition) is 1. The largest absolute Gasteiger partial charge is 0.447 e. The number of nitro benzene ring substituents is 1. The predicted octanol–water partition coefficient (Wildman–Crippen LogP) is 2.69. The molecule has 0 bridgehead atoms. The summed E-state index contributed by atoms with van der Waals surface area (Å²) >= 11 is 0. The van der Waals surface area contributed by atoms with Crippen molar-refractivity contribution in [3.63, 3.8) is 0 Å². The third-order valence-corrected chi connectivity index (χ3v) is 1.76. The highest BCUT2D eigenvalue weighted by molar-refractivity contribution is 5.88. The quantitative estimate of drug-likeness (QED) is 0.652. The summed E-state index contributed by atoms with van der Waals surface area (Å²) in [5, 5.41) is 12.6. The molecule has 1 aromatic rings. The van der Waals surface area contributed by atoms with Gasteiger partial charge in [0, 0.05) is 6.07 Å². The zero-order valence-electron chi connectivity index (χ0n) is 9.27. The molecule has 0 aliphatic heterocycles. The number of nitrogens with one attached hydrogen (secondary N) is 1. The first-order chi connectivity index (χ1) is 7.91. The molecule has 1 aromatic carbocycles. The summed E-state index contributed by atoms with van der Waals surface area (Å²) in [5.41, 5.74) is -1.02. The van der Waals surface area contributed by atoms with Gasteiger partial charge in [0.25, 0.3) is 5.69 Å². The van der Waals surface area contributed by atoms with Gasteiger partial charge >= 0.3 is 6.09 Å². The van der Waals surface area contributed by atoms with Gasteiger partial charge in [0.1, 0.15) is 0 Å². The van der Waals surface area contributed by atoms with E-state index in [9.17, 15) is 19.3 Å². The fourth-order valence-electron chi connectivity index (χ4n) is 1.13. The van der Waals surface area contributed by atoms with Crippen LogP contribution in [0.4, 0.5) is 20.6 Å². The predicted molar refractivity (Wildman–Crippen MR) is 58.3 cm³/mol. The number of halogens is 1. The van der Waals surface area contributed by atoms with Crippen LogP contribution in [-0.4, -0.2) is 17.1 Å². The molecule has 0 aromatic heterocycles. The molecule has 0 heterocycles. The van der Waals surface area contributed by atoms with Crippen LogP contribution in [0.25, 0.3) is 0 Å². The van der Waals surface area contributed by atoms with E-state index in [0.717, 1.165) is 12.1 Å². The third kappa shape index (κ3) is 3.40. The normalized spacial score (nSPS) is 10.1. The van der Waals surface area contributed by atoms with Gasteiger partial charge in [-0.15, -0.1) is 0 Å². The molecule has 7 heteroatoms. The zero-order valence-corrected chi connectivity index (χ0v) is 9.27. The Kier molecular flexibility index (Phi) is 3.97. The summed E-state index contributed by atoms with van der Waals surface area (Å²) in [6.07, 6.45) is -1.34. The SMILES string of the molecule is CC(C)OC(=O)Nc1c(F)cccc1[N+](=O)[O-]. The number of carbonyl (C=O) groups excluding carboxylic acids is 1. The van der Waals surface area contributed by atoms with Crippen LogP contribution in [0.15, 0.2) is 18.2 Å². The first-order valence-corrected chi connectivity index (χ1v) is 4.82. The Labute approximate surface area is 96.5 Å². The minimum absolute atomic E-state index is 0.402. The van der Waals surface area contributed by atoms with Crippen molar-refractivity contribution in [2.45, 2.75) is 20.0 Å². The molecule has 0 atom stereocenters. The molecule has 0 fully saturated rings. The maximum Gasteiger partial charge on any atom is 0.412 e. The van der Waals surface area contributed by atoms with Gasteiger partial charge in [-0.1, -0.05) is 6.07 Å². The van der Waals surface area contributed by atoms with E-state index in [4.69, 9.17) is 4.74 Å². The average molecular weight is 242 g/mol. The number of carbonyl (C=O) groups is 1. The molecular formula is C10H11FN2O4. The first-order valence-electron chi connectivity index (χ1n) is 4.82. The Morgan fingerprint density at radius 1 is 1.53 bits per heavy atom. The Hall–Kier alpha value is -2.18. The fraction of sp³-hybridized carbons (Fsp3) is 0.300. The van der Waals surface area contributed by atoms with Crippen molar-refractivity contribution < 1.29 is 18.8 Å². The average Bonchev–Trinajstić information content (AvgIpc) is 2.19. The van der Waals surface area contributed by atoms with Gasteiger partial charge in [-0.25, -0.2) is 9.18 Å². The number of anilines is 1. The number of hydrogen-bond acceptors (Lipinski definition) is 4. The molecule has 6 nitrogen and oxygen atoms in total. The monoisotopic (exact) mass is 242 g/mol. The molecule has 0 spiro atoms. The van der Waals surface area contributed by atoms with Crippen molar-refractivity contribution >= 4 is 17.5 Å². The number of nitrogens with zero attached hydrogens (tertiary/aromatic N) is 1. The van der Waals surface area contributed by atoms with E-state index in [1.165, 1.54) is 6.07 Å². The number of para-hydroxylation sites is 1. The standard InChI is InChI=1S/C10H11FN2O4/c1-6(2)17-10(14)12-9-7(11)4-3-5-8(9)13(15)16/h3-6H,1-2H3,(H,12,14). The van der Waals surface area contributed by atoms with Crippen LogP contribution in [-0.2, 0) is 4.74 Å². The maximum atomic E-state index is 13.3. The van der Waals surface area contributed by atoms with E-state index in [1.807, 2.05) is 5.32 Å². The highest BCUT2D eigenvalue weighted by Gasteiger charge is 2.20. The zero-order chi connectivity index (χ0) is 13.0. The summed E-state index contributed by atoms with van der Waals surface area (Å²) in [5.74, 6) is -0.889. The molecule has 17 heavy (non-hydrogen) atoms. The highest BCUT2D eigenvalue weighted by Crippen LogP contribution is 2.27. The van der Waals surface area contributed by atoms with Crippen molar-refractivity contribution in [2.75, 3.05) is 5.32 Å². The van der Waals surface area contributed by atoms with Crippen LogP contribution in [0.3, 0.4) is 0 Å². The molecule has 0 aliphatic rings. The minimum atomic E-state index is -0.937. The van der Waals surface area contributed by atoms with Crippen molar-refractivity contribution in [1.82, 2.24) is 0 Å². The topological polar surface area (TPSA) is 81.5 Å². The molecule has 1 N–H and O–H groups in total. The lowest BCUT2D eigenvalue weighted by Gasteiger charge is -2.10. The van der Waals surface area contributed by atoms with Crippen molar-refractivity contribution in [3.05, 3.63) is 34.1 Å². The lowest BCUT2D eigenvalue weighted by molar-refractivity contribution is -0.384. The van der Waals surface area contributed by atoms with E-state index < -0.39 is 34.3 Å². The van der Waals surface area contributed by atoms with Crippen LogP contribution >= 0.6 is 0 Å². The summed E-state index contributed by atoms with van der Waals surface area (Å²) in [7, 11) is 0. The lowest BCUT2D eigenvalue weighted by Crippen LogP contribution is -2.19. The van der Waals surface area contributed by atoms with Crippen LogP contribution in [0.1, 0.15) is 13.8 Å². The van der Waals surface area contributed by atoms with Crippen LogP contribution in [0, 0.1) is 15.9 Å². The molecule has 92 valence electrons. The second-order valence-electron chi connectivity index (χ2n) is 3.47. The Morgan fingerprint density at radius 3 is 2.71 bits per heavy atom. The van der Waals surface area contributed by atoms with E-state index in [2.05, 4.69) is 0 Å². The fourth-order valence-corrected chi connectivity index (χ4v) is 1.13. The summed E-state index contributed by atoms with van der Waals surface area (Å²) in [6, 6.07) is 3.29. The second-order valence-corrected chi connectivity index (χ2v) is 3.47. The van der Waals surface area contributed by atoms with Gasteiger partial charge in [-0.05, 0) is 19.9 Å². The molecule has 0 saturated heterocycles. The maximum absolute atomic E-state index is 13.3. The van der Waals surface area contributed by atoms with Crippen LogP contribution in [0.5, 0.6) is 0 Å². The van der Waals surface area contributed by atoms with Gasteiger partial charge in [0.05, 0.1) is 11.0 Å². The molecule has 0 saturated carbocycles. The third-order valence-electron chi connectivity index (χ3n) is 1.76. The van der Waals surface area contributed by atoms with Crippen LogP contribution in [0.2, 0.25) is 0 Å². The molecule has 0 unspecified atom stereocenters.